The molecule has 0 unspecified atom stereocenters. The topological polar surface area (TPSA) is 76.5 Å². The first-order valence-electron chi connectivity index (χ1n) is 7.88. The van der Waals surface area contributed by atoms with E-state index in [1.54, 1.807) is 12.1 Å². The van der Waals surface area contributed by atoms with E-state index in [1.165, 1.54) is 24.3 Å². The Hall–Kier alpha value is -2.86. The second-order valence-corrected chi connectivity index (χ2v) is 6.33. The Labute approximate surface area is 153 Å². The zero-order valence-electron chi connectivity index (χ0n) is 14.0. The second-order valence-electron chi connectivity index (χ2n) is 5.92. The van der Waals surface area contributed by atoms with Crippen molar-refractivity contribution in [1.82, 2.24) is 0 Å². The predicted octanol–water partition coefficient (Wildman–Crippen LogP) is 3.56. The van der Waals surface area contributed by atoms with Gasteiger partial charge in [-0.1, -0.05) is 11.6 Å². The van der Waals surface area contributed by atoms with E-state index in [2.05, 4.69) is 0 Å². The van der Waals surface area contributed by atoms with Crippen LogP contribution in [0, 0.1) is 5.82 Å². The molecule has 0 spiro atoms. The van der Waals surface area contributed by atoms with Crippen LogP contribution < -0.4 is 16.3 Å². The van der Waals surface area contributed by atoms with E-state index in [9.17, 15) is 14.0 Å². The number of nitrogens with two attached hydrogens (primary N) is 1. The Balaban J connectivity index is 2.09. The number of carbonyl (C=O) groups excluding carboxylic acids is 1. The van der Waals surface area contributed by atoms with Gasteiger partial charge in [0, 0.05) is 54.3 Å². The molecule has 0 fully saturated rings. The SMILES string of the molecule is CN(CCC(N)=O)c1ccc2c(-c3ccc(F)cc3Cl)cc(=O)oc2c1. The summed E-state index contributed by atoms with van der Waals surface area (Å²) in [6.07, 6.45) is 0.212. The molecule has 2 aromatic carbocycles. The fraction of sp³-hybridized carbons (Fsp3) is 0.158. The Bertz CT molecular complexity index is 1050. The number of hydrogen-bond donors (Lipinski definition) is 1. The first-order valence-corrected chi connectivity index (χ1v) is 8.26. The quantitative estimate of drug-likeness (QED) is 0.693. The van der Waals surface area contributed by atoms with Crippen molar-refractivity contribution in [3.05, 3.63) is 63.7 Å². The van der Waals surface area contributed by atoms with Crippen molar-refractivity contribution >= 4 is 34.2 Å². The number of benzene rings is 2. The van der Waals surface area contributed by atoms with E-state index in [0.29, 0.717) is 28.6 Å². The highest BCUT2D eigenvalue weighted by Gasteiger charge is 2.13. The molecule has 0 bridgehead atoms. The molecule has 1 amide bonds. The number of anilines is 1. The number of primary amides is 1. The second kappa shape index (κ2) is 7.17. The highest BCUT2D eigenvalue weighted by molar-refractivity contribution is 6.33. The number of halogens is 2. The molecular weight excluding hydrogens is 359 g/mol. The van der Waals surface area contributed by atoms with Gasteiger partial charge in [0.05, 0.1) is 5.02 Å². The van der Waals surface area contributed by atoms with Gasteiger partial charge in [0.1, 0.15) is 11.4 Å². The van der Waals surface area contributed by atoms with E-state index >= 15 is 0 Å². The molecule has 2 N–H and O–H groups in total. The van der Waals surface area contributed by atoms with Gasteiger partial charge in [-0.05, 0) is 30.3 Å². The van der Waals surface area contributed by atoms with Crippen LogP contribution >= 0.6 is 11.6 Å². The molecule has 0 aliphatic heterocycles. The highest BCUT2D eigenvalue weighted by atomic mass is 35.5. The van der Waals surface area contributed by atoms with Gasteiger partial charge in [-0.3, -0.25) is 4.79 Å². The van der Waals surface area contributed by atoms with Crippen LogP contribution in [0.2, 0.25) is 5.02 Å². The zero-order chi connectivity index (χ0) is 18.8. The molecule has 3 rings (SSSR count). The molecule has 1 aromatic heterocycles. The number of nitrogens with zero attached hydrogens (tertiary/aromatic N) is 1. The van der Waals surface area contributed by atoms with Gasteiger partial charge >= 0.3 is 5.63 Å². The summed E-state index contributed by atoms with van der Waals surface area (Å²) in [6.45, 7) is 0.439. The van der Waals surface area contributed by atoms with Crippen LogP contribution in [-0.4, -0.2) is 19.5 Å². The normalized spacial score (nSPS) is 10.9. The molecule has 5 nitrogen and oxygen atoms in total. The minimum Gasteiger partial charge on any atom is -0.423 e. The van der Waals surface area contributed by atoms with Crippen molar-refractivity contribution in [3.63, 3.8) is 0 Å². The van der Waals surface area contributed by atoms with E-state index in [4.69, 9.17) is 21.8 Å². The van der Waals surface area contributed by atoms with Crippen molar-refractivity contribution in [2.24, 2.45) is 5.73 Å². The van der Waals surface area contributed by atoms with Crippen molar-refractivity contribution in [1.29, 1.82) is 0 Å². The fourth-order valence-electron chi connectivity index (χ4n) is 2.73. The molecule has 0 radical (unpaired) electrons. The van der Waals surface area contributed by atoms with Gasteiger partial charge in [0.2, 0.25) is 5.91 Å². The van der Waals surface area contributed by atoms with Gasteiger partial charge in [0.15, 0.2) is 0 Å². The molecule has 0 aliphatic rings. The maximum absolute atomic E-state index is 13.3. The lowest BCUT2D eigenvalue weighted by molar-refractivity contribution is -0.117. The number of rotatable bonds is 5. The average molecular weight is 375 g/mol. The minimum atomic E-state index is -0.537. The largest absolute Gasteiger partial charge is 0.423 e. The Morgan fingerprint density at radius 2 is 1.96 bits per heavy atom. The molecule has 0 aliphatic carbocycles. The molecule has 3 aromatic rings. The summed E-state index contributed by atoms with van der Waals surface area (Å²) in [5.74, 6) is -0.846. The number of carbonyl (C=O) groups is 1. The molecule has 0 saturated heterocycles. The first kappa shape index (κ1) is 17.9. The number of fused-ring (bicyclic) bond motifs is 1. The molecule has 1 heterocycles. The van der Waals surface area contributed by atoms with Crippen molar-refractivity contribution in [2.45, 2.75) is 6.42 Å². The lowest BCUT2D eigenvalue weighted by Crippen LogP contribution is -2.24. The first-order chi connectivity index (χ1) is 12.3. The number of amides is 1. The van der Waals surface area contributed by atoms with Crippen LogP contribution in [0.25, 0.3) is 22.1 Å². The highest BCUT2D eigenvalue weighted by Crippen LogP contribution is 2.34. The average Bonchev–Trinajstić information content (AvgIpc) is 2.58. The van der Waals surface area contributed by atoms with Crippen LogP contribution in [0.3, 0.4) is 0 Å². The molecular formula is C19H16ClFN2O3. The van der Waals surface area contributed by atoms with E-state index < -0.39 is 17.3 Å². The molecule has 7 heteroatoms. The maximum Gasteiger partial charge on any atom is 0.336 e. The summed E-state index contributed by atoms with van der Waals surface area (Å²) in [4.78, 5) is 24.8. The summed E-state index contributed by atoms with van der Waals surface area (Å²) in [6, 6.07) is 10.7. The van der Waals surface area contributed by atoms with Crippen LogP contribution in [0.4, 0.5) is 10.1 Å². The third-order valence-electron chi connectivity index (χ3n) is 4.08. The molecule has 0 atom stereocenters. The van der Waals surface area contributed by atoms with E-state index in [0.717, 1.165) is 5.69 Å². The zero-order valence-corrected chi connectivity index (χ0v) is 14.7. The van der Waals surface area contributed by atoms with Crippen LogP contribution in [-0.2, 0) is 4.79 Å². The summed E-state index contributed by atoms with van der Waals surface area (Å²) >= 11 is 6.14. The lowest BCUT2D eigenvalue weighted by Gasteiger charge is -2.19. The van der Waals surface area contributed by atoms with E-state index in [1.807, 2.05) is 18.0 Å². The minimum absolute atomic E-state index is 0.208. The predicted molar refractivity (Wildman–Crippen MR) is 100.0 cm³/mol. The Morgan fingerprint density at radius 1 is 1.19 bits per heavy atom. The van der Waals surface area contributed by atoms with E-state index in [-0.39, 0.29) is 11.4 Å². The summed E-state index contributed by atoms with van der Waals surface area (Å²) in [7, 11) is 1.81. The van der Waals surface area contributed by atoms with Crippen molar-refractivity contribution < 1.29 is 13.6 Å². The Morgan fingerprint density at radius 3 is 2.65 bits per heavy atom. The molecule has 0 saturated carbocycles. The van der Waals surface area contributed by atoms with Gasteiger partial charge in [0.25, 0.3) is 0 Å². The summed E-state index contributed by atoms with van der Waals surface area (Å²) in [5, 5.41) is 0.879. The number of hydrogen-bond acceptors (Lipinski definition) is 4. The third-order valence-corrected chi connectivity index (χ3v) is 4.40. The van der Waals surface area contributed by atoms with Crippen LogP contribution in [0.1, 0.15) is 6.42 Å². The smallest absolute Gasteiger partial charge is 0.336 e. The summed E-state index contributed by atoms with van der Waals surface area (Å²) < 4.78 is 18.6. The monoisotopic (exact) mass is 374 g/mol. The maximum atomic E-state index is 13.3. The Kier molecular flexibility index (Phi) is 4.95. The van der Waals surface area contributed by atoms with Gasteiger partial charge in [-0.2, -0.15) is 0 Å². The molecule has 134 valence electrons. The van der Waals surface area contributed by atoms with Gasteiger partial charge in [-0.15, -0.1) is 0 Å². The summed E-state index contributed by atoms with van der Waals surface area (Å²) in [5.41, 5.74) is 6.88. The van der Waals surface area contributed by atoms with Crippen LogP contribution in [0.15, 0.2) is 51.7 Å². The van der Waals surface area contributed by atoms with Crippen molar-refractivity contribution in [2.75, 3.05) is 18.5 Å². The third kappa shape index (κ3) is 3.70. The van der Waals surface area contributed by atoms with Gasteiger partial charge < -0.3 is 15.1 Å². The lowest BCUT2D eigenvalue weighted by atomic mass is 10.0. The van der Waals surface area contributed by atoms with Gasteiger partial charge in [-0.25, -0.2) is 9.18 Å². The standard InChI is InChI=1S/C19H16ClFN2O3/c1-23(7-6-18(22)24)12-3-5-14-15(10-19(25)26-17(14)9-12)13-4-2-11(21)8-16(13)20/h2-5,8-10H,6-7H2,1H3,(H2,22,24). The van der Waals surface area contributed by atoms with Crippen molar-refractivity contribution in [3.8, 4) is 11.1 Å². The fourth-order valence-corrected chi connectivity index (χ4v) is 3.00. The van der Waals surface area contributed by atoms with Crippen LogP contribution in [0.5, 0.6) is 0 Å². The molecule has 26 heavy (non-hydrogen) atoms.